The lowest BCUT2D eigenvalue weighted by molar-refractivity contribution is -0.384. The molecule has 0 aliphatic rings. The van der Waals surface area contributed by atoms with Gasteiger partial charge < -0.3 is 20.5 Å². The molecule has 0 radical (unpaired) electrons. The van der Waals surface area contributed by atoms with Crippen molar-refractivity contribution in [2.45, 2.75) is 0 Å². The number of nitrogens with zero attached hydrogens (tertiary/aromatic N) is 1. The van der Waals surface area contributed by atoms with Crippen LogP contribution in [0.5, 0.6) is 0 Å². The Morgan fingerprint density at radius 2 is 2.05 bits per heavy atom. The molecule has 1 aromatic rings. The van der Waals surface area contributed by atoms with Crippen LogP contribution in [0.15, 0.2) is 18.2 Å². The van der Waals surface area contributed by atoms with Crippen LogP contribution in [0.1, 0.15) is 0 Å². The molecule has 22 heavy (non-hydrogen) atoms. The molecule has 120 valence electrons. The van der Waals surface area contributed by atoms with Gasteiger partial charge in [-0.2, -0.15) is 0 Å². The van der Waals surface area contributed by atoms with Crippen LogP contribution in [-0.4, -0.2) is 48.2 Å². The van der Waals surface area contributed by atoms with Crippen LogP contribution in [0.25, 0.3) is 0 Å². The van der Waals surface area contributed by atoms with Crippen molar-refractivity contribution < 1.29 is 24.4 Å². The number of halogens is 1. The Hall–Kier alpha value is -2.23. The average molecular weight is 332 g/mol. The van der Waals surface area contributed by atoms with Gasteiger partial charge in [0.25, 0.3) is 5.69 Å². The number of ether oxygens (including phenoxy) is 1. The van der Waals surface area contributed by atoms with Crippen LogP contribution in [-0.2, 0) is 14.3 Å². The molecule has 0 saturated heterocycles. The lowest BCUT2D eigenvalue weighted by atomic mass is 10.2. The van der Waals surface area contributed by atoms with Crippen LogP contribution >= 0.6 is 11.6 Å². The van der Waals surface area contributed by atoms with Gasteiger partial charge in [-0.1, -0.05) is 11.6 Å². The molecular formula is C12H14ClN3O6. The zero-order valence-corrected chi connectivity index (χ0v) is 12.1. The molecular weight excluding hydrogens is 318 g/mol. The molecule has 0 heterocycles. The predicted octanol–water partition coefficient (Wildman–Crippen LogP) is 0.312. The monoisotopic (exact) mass is 331 g/mol. The van der Waals surface area contributed by atoms with Crippen molar-refractivity contribution in [3.8, 4) is 0 Å². The maximum absolute atomic E-state index is 11.6. The molecule has 1 rings (SSSR count). The molecule has 3 N–H and O–H groups in total. The molecule has 0 unspecified atom stereocenters. The smallest absolute Gasteiger partial charge is 0.313 e. The van der Waals surface area contributed by atoms with E-state index in [9.17, 15) is 19.7 Å². The van der Waals surface area contributed by atoms with Crippen molar-refractivity contribution in [3.63, 3.8) is 0 Å². The summed E-state index contributed by atoms with van der Waals surface area (Å²) in [4.78, 5) is 33.1. The van der Waals surface area contributed by atoms with E-state index in [4.69, 9.17) is 21.4 Å². The fourth-order valence-corrected chi connectivity index (χ4v) is 1.59. The highest BCUT2D eigenvalue weighted by atomic mass is 35.5. The van der Waals surface area contributed by atoms with Gasteiger partial charge in [0.1, 0.15) is 5.02 Å². The summed E-state index contributed by atoms with van der Waals surface area (Å²) in [5, 5.41) is 23.6. The lowest BCUT2D eigenvalue weighted by Gasteiger charge is -2.07. The Morgan fingerprint density at radius 3 is 2.68 bits per heavy atom. The summed E-state index contributed by atoms with van der Waals surface area (Å²) < 4.78 is 4.90. The first-order valence-electron chi connectivity index (χ1n) is 6.17. The normalized spacial score (nSPS) is 10.1. The highest BCUT2D eigenvalue weighted by Crippen LogP contribution is 2.27. The number of hydrogen-bond donors (Lipinski definition) is 3. The minimum Gasteiger partial charge on any atom is -0.394 e. The fourth-order valence-electron chi connectivity index (χ4n) is 1.40. The van der Waals surface area contributed by atoms with Crippen molar-refractivity contribution in [3.05, 3.63) is 33.3 Å². The minimum atomic E-state index is -0.973. The number of nitrogens with one attached hydrogen (secondary N) is 2. The average Bonchev–Trinajstić information content (AvgIpc) is 2.48. The number of nitro benzene ring substituents is 1. The summed E-state index contributed by atoms with van der Waals surface area (Å²) >= 11 is 5.64. The van der Waals surface area contributed by atoms with Gasteiger partial charge in [-0.3, -0.25) is 19.7 Å². The number of anilines is 1. The summed E-state index contributed by atoms with van der Waals surface area (Å²) in [7, 11) is 0. The number of carbonyl (C=O) groups excluding carboxylic acids is 2. The number of benzene rings is 1. The maximum Gasteiger partial charge on any atom is 0.313 e. The molecule has 0 spiro atoms. The second-order valence-corrected chi connectivity index (χ2v) is 4.38. The quantitative estimate of drug-likeness (QED) is 0.285. The number of aliphatic hydroxyl groups excluding tert-OH is 1. The largest absolute Gasteiger partial charge is 0.394 e. The third-order valence-electron chi connectivity index (χ3n) is 2.37. The van der Waals surface area contributed by atoms with E-state index >= 15 is 0 Å². The standard InChI is InChI=1S/C12H14ClN3O6/c13-9-2-1-8(7-10(9)16(20)21)15-12(19)11(18)14-3-5-22-6-4-17/h1-2,7,17H,3-6H2,(H,14,18)(H,15,19). The Labute approximate surface area is 130 Å². The maximum atomic E-state index is 11.6. The minimum absolute atomic E-state index is 0.0755. The fraction of sp³-hybridized carbons (Fsp3) is 0.333. The second-order valence-electron chi connectivity index (χ2n) is 3.97. The SMILES string of the molecule is O=C(NCCOCCO)C(=O)Nc1ccc(Cl)c([N+](=O)[O-])c1. The molecule has 0 aromatic heterocycles. The first kappa shape index (κ1) is 17.8. The summed E-state index contributed by atoms with van der Waals surface area (Å²) in [5.74, 6) is -1.89. The van der Waals surface area contributed by atoms with Crippen LogP contribution < -0.4 is 10.6 Å². The van der Waals surface area contributed by atoms with Gasteiger partial charge in [0.2, 0.25) is 0 Å². The Bertz CT molecular complexity index is 566. The molecule has 10 heteroatoms. The van der Waals surface area contributed by atoms with E-state index in [1.165, 1.54) is 12.1 Å². The van der Waals surface area contributed by atoms with E-state index in [1.54, 1.807) is 0 Å². The molecule has 0 aliphatic carbocycles. The van der Waals surface area contributed by atoms with E-state index in [0.29, 0.717) is 0 Å². The highest BCUT2D eigenvalue weighted by Gasteiger charge is 2.17. The lowest BCUT2D eigenvalue weighted by Crippen LogP contribution is -2.37. The second kappa shape index (κ2) is 8.93. The third kappa shape index (κ3) is 5.64. The number of rotatable bonds is 7. The molecule has 2 amide bonds. The number of amides is 2. The van der Waals surface area contributed by atoms with Gasteiger partial charge in [-0.05, 0) is 12.1 Å². The van der Waals surface area contributed by atoms with E-state index in [-0.39, 0.29) is 42.8 Å². The zero-order valence-electron chi connectivity index (χ0n) is 11.4. The van der Waals surface area contributed by atoms with Gasteiger partial charge in [0, 0.05) is 18.3 Å². The summed E-state index contributed by atoms with van der Waals surface area (Å²) in [5.41, 5.74) is -0.301. The van der Waals surface area contributed by atoms with Crippen molar-refractivity contribution in [2.24, 2.45) is 0 Å². The van der Waals surface area contributed by atoms with E-state index in [0.717, 1.165) is 6.07 Å². The number of carbonyl (C=O) groups is 2. The number of hydrogen-bond acceptors (Lipinski definition) is 6. The first-order chi connectivity index (χ1) is 10.5. The van der Waals surface area contributed by atoms with Crippen molar-refractivity contribution >= 4 is 34.8 Å². The van der Waals surface area contributed by atoms with Crippen molar-refractivity contribution in [1.29, 1.82) is 0 Å². The Morgan fingerprint density at radius 1 is 1.32 bits per heavy atom. The highest BCUT2D eigenvalue weighted by molar-refractivity contribution is 6.39. The molecule has 0 aliphatic heterocycles. The Kier molecular flexibility index (Phi) is 7.23. The first-order valence-corrected chi connectivity index (χ1v) is 6.55. The van der Waals surface area contributed by atoms with Crippen LogP contribution in [0.3, 0.4) is 0 Å². The van der Waals surface area contributed by atoms with Crippen molar-refractivity contribution in [1.82, 2.24) is 5.32 Å². The molecule has 0 fully saturated rings. The topological polar surface area (TPSA) is 131 Å². The molecule has 1 aromatic carbocycles. The molecule has 0 saturated carbocycles. The van der Waals surface area contributed by atoms with Gasteiger partial charge >= 0.3 is 11.8 Å². The van der Waals surface area contributed by atoms with Gasteiger partial charge in [0.05, 0.1) is 24.7 Å². The van der Waals surface area contributed by atoms with E-state index in [1.807, 2.05) is 0 Å². The van der Waals surface area contributed by atoms with Gasteiger partial charge in [0.15, 0.2) is 0 Å². The predicted molar refractivity (Wildman–Crippen MR) is 77.7 cm³/mol. The number of aliphatic hydroxyl groups is 1. The Balaban J connectivity index is 2.52. The molecule has 9 nitrogen and oxygen atoms in total. The summed E-state index contributed by atoms with van der Waals surface area (Å²) in [6, 6.07) is 3.64. The summed E-state index contributed by atoms with van der Waals surface area (Å²) in [6.07, 6.45) is 0. The third-order valence-corrected chi connectivity index (χ3v) is 2.69. The zero-order chi connectivity index (χ0) is 16.5. The number of nitro groups is 1. The van der Waals surface area contributed by atoms with Gasteiger partial charge in [-0.25, -0.2) is 0 Å². The van der Waals surface area contributed by atoms with E-state index < -0.39 is 16.7 Å². The van der Waals surface area contributed by atoms with Crippen molar-refractivity contribution in [2.75, 3.05) is 31.7 Å². The van der Waals surface area contributed by atoms with Gasteiger partial charge in [-0.15, -0.1) is 0 Å². The molecule has 0 atom stereocenters. The van der Waals surface area contributed by atoms with Crippen LogP contribution in [0.2, 0.25) is 5.02 Å². The van der Waals surface area contributed by atoms with Crippen LogP contribution in [0.4, 0.5) is 11.4 Å². The summed E-state index contributed by atoms with van der Waals surface area (Å²) in [6.45, 7) is 0.235. The van der Waals surface area contributed by atoms with Crippen LogP contribution in [0, 0.1) is 10.1 Å². The molecule has 0 bridgehead atoms. The van der Waals surface area contributed by atoms with E-state index in [2.05, 4.69) is 10.6 Å².